The molecule has 19 heavy (non-hydrogen) atoms. The molecule has 0 N–H and O–H groups in total. The van der Waals surface area contributed by atoms with Crippen molar-refractivity contribution in [3.63, 3.8) is 0 Å². The van der Waals surface area contributed by atoms with E-state index in [1.54, 1.807) is 0 Å². The predicted molar refractivity (Wildman–Crippen MR) is 82.2 cm³/mol. The Bertz CT molecular complexity index is 591. The molecule has 1 aliphatic carbocycles. The number of hydrogen-bond donors (Lipinski definition) is 0. The van der Waals surface area contributed by atoms with E-state index in [0.29, 0.717) is 21.4 Å². The fourth-order valence-electron chi connectivity index (χ4n) is 3.16. The minimum atomic E-state index is 0.290. The SMILES string of the molecule is CC[C@@]1(c2ccccc2)C[C@@H]1c1ccc(Cl)c(Cl)c1. The normalized spacial score (nSPS) is 25.3. The Morgan fingerprint density at radius 2 is 1.79 bits per heavy atom. The quantitative estimate of drug-likeness (QED) is 0.667. The predicted octanol–water partition coefficient (Wildman–Crippen LogP) is 5.83. The van der Waals surface area contributed by atoms with Crippen LogP contribution >= 0.6 is 23.2 Å². The molecule has 1 aliphatic rings. The molecular weight excluding hydrogens is 275 g/mol. The van der Waals surface area contributed by atoms with Gasteiger partial charge in [0, 0.05) is 5.41 Å². The molecule has 2 aromatic carbocycles. The summed E-state index contributed by atoms with van der Waals surface area (Å²) in [5, 5.41) is 1.29. The van der Waals surface area contributed by atoms with Gasteiger partial charge in [0.15, 0.2) is 0 Å². The lowest BCUT2D eigenvalue weighted by molar-refractivity contribution is 0.638. The van der Waals surface area contributed by atoms with Crippen LogP contribution in [0.3, 0.4) is 0 Å². The maximum Gasteiger partial charge on any atom is 0.0595 e. The van der Waals surface area contributed by atoms with E-state index < -0.39 is 0 Å². The molecule has 3 rings (SSSR count). The first kappa shape index (κ1) is 13.0. The van der Waals surface area contributed by atoms with Crippen LogP contribution in [-0.4, -0.2) is 0 Å². The maximum atomic E-state index is 6.14. The lowest BCUT2D eigenvalue weighted by atomic mass is 9.88. The van der Waals surface area contributed by atoms with Gasteiger partial charge in [0.25, 0.3) is 0 Å². The summed E-state index contributed by atoms with van der Waals surface area (Å²) >= 11 is 12.1. The molecule has 0 spiro atoms. The first-order valence-electron chi connectivity index (χ1n) is 6.68. The van der Waals surface area contributed by atoms with Crippen LogP contribution in [-0.2, 0) is 5.41 Å². The van der Waals surface area contributed by atoms with E-state index in [2.05, 4.69) is 43.3 Å². The maximum absolute atomic E-state index is 6.14. The fraction of sp³-hybridized carbons (Fsp3) is 0.294. The van der Waals surface area contributed by atoms with E-state index in [1.807, 2.05) is 12.1 Å². The van der Waals surface area contributed by atoms with Crippen molar-refractivity contribution >= 4 is 23.2 Å². The molecule has 1 saturated carbocycles. The fourth-order valence-corrected chi connectivity index (χ4v) is 3.46. The van der Waals surface area contributed by atoms with E-state index in [0.717, 1.165) is 6.42 Å². The van der Waals surface area contributed by atoms with Gasteiger partial charge in [-0.05, 0) is 42.0 Å². The van der Waals surface area contributed by atoms with Gasteiger partial charge in [-0.15, -0.1) is 0 Å². The van der Waals surface area contributed by atoms with E-state index in [4.69, 9.17) is 23.2 Å². The summed E-state index contributed by atoms with van der Waals surface area (Å²) in [5.41, 5.74) is 3.03. The highest BCUT2D eigenvalue weighted by molar-refractivity contribution is 6.42. The van der Waals surface area contributed by atoms with Crippen molar-refractivity contribution in [2.24, 2.45) is 0 Å². The Balaban J connectivity index is 1.94. The number of halogens is 2. The van der Waals surface area contributed by atoms with Crippen molar-refractivity contribution in [1.82, 2.24) is 0 Å². The minimum absolute atomic E-state index is 0.290. The van der Waals surface area contributed by atoms with E-state index in [9.17, 15) is 0 Å². The van der Waals surface area contributed by atoms with Crippen molar-refractivity contribution < 1.29 is 0 Å². The number of benzene rings is 2. The third-order valence-electron chi connectivity index (χ3n) is 4.40. The van der Waals surface area contributed by atoms with Crippen LogP contribution < -0.4 is 0 Å². The van der Waals surface area contributed by atoms with Gasteiger partial charge in [0.2, 0.25) is 0 Å². The Kier molecular flexibility index (Phi) is 3.32. The van der Waals surface area contributed by atoms with Crippen LogP contribution in [0.15, 0.2) is 48.5 Å². The van der Waals surface area contributed by atoms with Crippen molar-refractivity contribution in [2.45, 2.75) is 31.1 Å². The second-order valence-corrected chi connectivity index (χ2v) is 6.12. The summed E-state index contributed by atoms with van der Waals surface area (Å²) in [6.07, 6.45) is 2.35. The van der Waals surface area contributed by atoms with Crippen LogP contribution in [0.25, 0.3) is 0 Å². The Hall–Kier alpha value is -0.980. The molecule has 0 aromatic heterocycles. The zero-order valence-electron chi connectivity index (χ0n) is 10.9. The molecule has 2 atom stereocenters. The van der Waals surface area contributed by atoms with Crippen LogP contribution in [0.1, 0.15) is 36.8 Å². The summed E-state index contributed by atoms with van der Waals surface area (Å²) in [7, 11) is 0. The second-order valence-electron chi connectivity index (χ2n) is 5.31. The molecule has 1 fully saturated rings. The van der Waals surface area contributed by atoms with Gasteiger partial charge < -0.3 is 0 Å². The van der Waals surface area contributed by atoms with Gasteiger partial charge in [0.05, 0.1) is 10.0 Å². The highest BCUT2D eigenvalue weighted by Crippen LogP contribution is 2.62. The van der Waals surface area contributed by atoms with Crippen LogP contribution in [0, 0.1) is 0 Å². The zero-order valence-corrected chi connectivity index (χ0v) is 12.4. The summed E-state index contributed by atoms with van der Waals surface area (Å²) in [5.74, 6) is 0.565. The van der Waals surface area contributed by atoms with Gasteiger partial charge in [-0.2, -0.15) is 0 Å². The summed E-state index contributed by atoms with van der Waals surface area (Å²) in [6.45, 7) is 2.27. The van der Waals surface area contributed by atoms with Gasteiger partial charge in [-0.1, -0.05) is 66.5 Å². The van der Waals surface area contributed by atoms with Gasteiger partial charge >= 0.3 is 0 Å². The average molecular weight is 291 g/mol. The lowest BCUT2D eigenvalue weighted by Gasteiger charge is -2.16. The molecule has 0 saturated heterocycles. The zero-order chi connectivity index (χ0) is 13.5. The molecule has 0 heterocycles. The van der Waals surface area contributed by atoms with Crippen molar-refractivity contribution in [3.8, 4) is 0 Å². The Labute approximate surface area is 124 Å². The second kappa shape index (κ2) is 4.85. The van der Waals surface area contributed by atoms with Crippen LogP contribution in [0.2, 0.25) is 10.0 Å². The molecule has 0 unspecified atom stereocenters. The molecule has 2 heteroatoms. The number of hydrogen-bond acceptors (Lipinski definition) is 0. The van der Waals surface area contributed by atoms with Crippen LogP contribution in [0.4, 0.5) is 0 Å². The molecule has 0 radical (unpaired) electrons. The highest BCUT2D eigenvalue weighted by atomic mass is 35.5. The summed E-state index contributed by atoms with van der Waals surface area (Å²) in [6, 6.07) is 16.8. The van der Waals surface area contributed by atoms with Crippen LogP contribution in [0.5, 0.6) is 0 Å². The monoisotopic (exact) mass is 290 g/mol. The van der Waals surface area contributed by atoms with Gasteiger partial charge in [-0.25, -0.2) is 0 Å². The molecule has 0 nitrogen and oxygen atoms in total. The topological polar surface area (TPSA) is 0 Å². The Morgan fingerprint density at radius 1 is 1.05 bits per heavy atom. The highest BCUT2D eigenvalue weighted by Gasteiger charge is 2.54. The summed E-state index contributed by atoms with van der Waals surface area (Å²) in [4.78, 5) is 0. The standard InChI is InChI=1S/C17H16Cl2/c1-2-17(13-6-4-3-5-7-13)11-14(17)12-8-9-15(18)16(19)10-12/h3-10,14H,2,11H2,1H3/t14-,17+/m1/s1. The van der Waals surface area contributed by atoms with Crippen molar-refractivity contribution in [3.05, 3.63) is 69.7 Å². The van der Waals surface area contributed by atoms with E-state index in [1.165, 1.54) is 17.5 Å². The smallest absolute Gasteiger partial charge is 0.0595 e. The lowest BCUT2D eigenvalue weighted by Crippen LogP contribution is -2.07. The number of rotatable bonds is 3. The molecule has 98 valence electrons. The first-order valence-corrected chi connectivity index (χ1v) is 7.43. The van der Waals surface area contributed by atoms with E-state index in [-0.39, 0.29) is 0 Å². The summed E-state index contributed by atoms with van der Waals surface area (Å²) < 4.78 is 0. The largest absolute Gasteiger partial charge is 0.0827 e. The molecule has 0 amide bonds. The third-order valence-corrected chi connectivity index (χ3v) is 5.14. The molecule has 0 bridgehead atoms. The van der Waals surface area contributed by atoms with Crippen molar-refractivity contribution in [2.75, 3.05) is 0 Å². The van der Waals surface area contributed by atoms with Gasteiger partial charge in [0.1, 0.15) is 0 Å². The Morgan fingerprint density at radius 3 is 2.42 bits per heavy atom. The van der Waals surface area contributed by atoms with E-state index >= 15 is 0 Å². The van der Waals surface area contributed by atoms with Crippen molar-refractivity contribution in [1.29, 1.82) is 0 Å². The first-order chi connectivity index (χ1) is 9.17. The average Bonchev–Trinajstić information content (AvgIpc) is 3.19. The minimum Gasteiger partial charge on any atom is -0.0827 e. The third kappa shape index (κ3) is 2.17. The molecular formula is C17H16Cl2. The molecule has 0 aliphatic heterocycles. The van der Waals surface area contributed by atoms with Gasteiger partial charge in [-0.3, -0.25) is 0 Å². The molecule has 2 aromatic rings.